The molecule has 0 atom stereocenters. The number of likely N-dealkylation sites (N-methyl/N-ethyl adjacent to an activating group) is 1. The fourth-order valence-corrected chi connectivity index (χ4v) is 3.25. The molecule has 2 nitrogen and oxygen atoms in total. The highest BCUT2D eigenvalue weighted by Gasteiger charge is 2.30. The van der Waals surface area contributed by atoms with Crippen LogP contribution in [0.25, 0.3) is 11.1 Å². The molecule has 0 radical (unpaired) electrons. The Morgan fingerprint density at radius 2 is 1.27 bits per heavy atom. The van der Waals surface area contributed by atoms with E-state index in [0.717, 1.165) is 26.2 Å². The molecule has 1 aliphatic heterocycles. The summed E-state index contributed by atoms with van der Waals surface area (Å²) in [6, 6.07) is 19.7. The maximum Gasteiger partial charge on any atom is 0.0405 e. The normalized spacial score (nSPS) is 17.6. The molecule has 0 unspecified atom stereocenters. The number of rotatable bonds is 3. The molecule has 0 aliphatic carbocycles. The van der Waals surface area contributed by atoms with Crippen molar-refractivity contribution in [3.05, 3.63) is 60.2 Å². The van der Waals surface area contributed by atoms with Crippen LogP contribution in [0.1, 0.15) is 19.4 Å². The van der Waals surface area contributed by atoms with Crippen LogP contribution < -0.4 is 0 Å². The van der Waals surface area contributed by atoms with E-state index in [1.807, 2.05) is 0 Å². The molecule has 0 saturated carbocycles. The van der Waals surface area contributed by atoms with Gasteiger partial charge in [-0.1, -0.05) is 54.6 Å². The predicted octanol–water partition coefficient (Wildman–Crippen LogP) is 3.84. The van der Waals surface area contributed by atoms with E-state index in [2.05, 4.69) is 85.3 Å². The molecule has 0 amide bonds. The standard InChI is InChI=1S/C20H26N2/c1-20(2,22-15-13-21(3)14-16-22)19-11-9-18(10-12-19)17-7-5-4-6-8-17/h4-12H,13-16H2,1-3H3. The third kappa shape index (κ3) is 3.08. The van der Waals surface area contributed by atoms with Crippen molar-refractivity contribution in [2.24, 2.45) is 0 Å². The minimum absolute atomic E-state index is 0.0937. The molecule has 3 rings (SSSR count). The van der Waals surface area contributed by atoms with Crippen LogP contribution in [0.4, 0.5) is 0 Å². The van der Waals surface area contributed by atoms with E-state index in [1.54, 1.807) is 0 Å². The Morgan fingerprint density at radius 1 is 0.727 bits per heavy atom. The van der Waals surface area contributed by atoms with Crippen molar-refractivity contribution in [3.8, 4) is 11.1 Å². The Bertz CT molecular complexity index is 593. The first-order valence-electron chi connectivity index (χ1n) is 8.17. The summed E-state index contributed by atoms with van der Waals surface area (Å²) in [4.78, 5) is 5.01. The summed E-state index contributed by atoms with van der Waals surface area (Å²) in [6.45, 7) is 9.29. The topological polar surface area (TPSA) is 6.48 Å². The molecular weight excluding hydrogens is 268 g/mol. The molecule has 1 fully saturated rings. The van der Waals surface area contributed by atoms with E-state index in [9.17, 15) is 0 Å². The third-order valence-corrected chi connectivity index (χ3v) is 4.99. The molecule has 2 aromatic rings. The zero-order valence-corrected chi connectivity index (χ0v) is 13.9. The SMILES string of the molecule is CN1CCN(C(C)(C)c2ccc(-c3ccccc3)cc2)CC1. The number of benzene rings is 2. The molecule has 1 aliphatic rings. The second-order valence-electron chi connectivity index (χ2n) is 6.79. The number of piperazine rings is 1. The van der Waals surface area contributed by atoms with Crippen molar-refractivity contribution >= 4 is 0 Å². The van der Waals surface area contributed by atoms with E-state index in [0.29, 0.717) is 0 Å². The van der Waals surface area contributed by atoms with Crippen molar-refractivity contribution < 1.29 is 0 Å². The summed E-state index contributed by atoms with van der Waals surface area (Å²) >= 11 is 0. The molecule has 0 aromatic heterocycles. The van der Waals surface area contributed by atoms with Crippen LogP contribution in [0.3, 0.4) is 0 Å². The first kappa shape index (κ1) is 15.3. The number of hydrogen-bond donors (Lipinski definition) is 0. The fraction of sp³-hybridized carbons (Fsp3) is 0.400. The van der Waals surface area contributed by atoms with Crippen molar-refractivity contribution in [1.29, 1.82) is 0 Å². The molecule has 0 spiro atoms. The first-order chi connectivity index (χ1) is 10.6. The van der Waals surface area contributed by atoms with Crippen molar-refractivity contribution in [3.63, 3.8) is 0 Å². The van der Waals surface area contributed by atoms with Gasteiger partial charge in [-0.05, 0) is 37.6 Å². The summed E-state index contributed by atoms with van der Waals surface area (Å²) in [5, 5.41) is 0. The maximum atomic E-state index is 2.60. The highest BCUT2D eigenvalue weighted by Crippen LogP contribution is 2.30. The van der Waals surface area contributed by atoms with Crippen molar-refractivity contribution in [2.45, 2.75) is 19.4 Å². The summed E-state index contributed by atoms with van der Waals surface area (Å²) in [6.07, 6.45) is 0. The van der Waals surface area contributed by atoms with Gasteiger partial charge in [0.2, 0.25) is 0 Å². The summed E-state index contributed by atoms with van der Waals surface area (Å²) in [7, 11) is 2.21. The molecular formula is C20H26N2. The van der Waals surface area contributed by atoms with Gasteiger partial charge in [-0.25, -0.2) is 0 Å². The van der Waals surface area contributed by atoms with E-state index >= 15 is 0 Å². The number of hydrogen-bond acceptors (Lipinski definition) is 2. The molecule has 2 heteroatoms. The highest BCUT2D eigenvalue weighted by molar-refractivity contribution is 5.63. The van der Waals surface area contributed by atoms with Crippen LogP contribution in [-0.2, 0) is 5.54 Å². The van der Waals surface area contributed by atoms with Crippen LogP contribution in [0.15, 0.2) is 54.6 Å². The maximum absolute atomic E-state index is 2.60. The molecule has 1 saturated heterocycles. The lowest BCUT2D eigenvalue weighted by Crippen LogP contribution is -2.52. The van der Waals surface area contributed by atoms with Gasteiger partial charge in [-0.2, -0.15) is 0 Å². The van der Waals surface area contributed by atoms with E-state index in [4.69, 9.17) is 0 Å². The Hall–Kier alpha value is -1.64. The average Bonchev–Trinajstić information content (AvgIpc) is 2.56. The van der Waals surface area contributed by atoms with Crippen LogP contribution in [0.2, 0.25) is 0 Å². The van der Waals surface area contributed by atoms with E-state index in [1.165, 1.54) is 16.7 Å². The average molecular weight is 294 g/mol. The molecule has 22 heavy (non-hydrogen) atoms. The minimum atomic E-state index is 0.0937. The number of nitrogens with zero attached hydrogens (tertiary/aromatic N) is 2. The zero-order valence-electron chi connectivity index (χ0n) is 13.9. The summed E-state index contributed by atoms with van der Waals surface area (Å²) < 4.78 is 0. The Kier molecular flexibility index (Phi) is 4.32. The third-order valence-electron chi connectivity index (χ3n) is 4.99. The molecule has 2 aromatic carbocycles. The van der Waals surface area contributed by atoms with Crippen LogP contribution >= 0.6 is 0 Å². The van der Waals surface area contributed by atoms with Gasteiger partial charge in [0, 0.05) is 31.7 Å². The lowest BCUT2D eigenvalue weighted by Gasteiger charge is -2.43. The van der Waals surface area contributed by atoms with E-state index in [-0.39, 0.29) is 5.54 Å². The van der Waals surface area contributed by atoms with Gasteiger partial charge in [0.05, 0.1) is 0 Å². The van der Waals surface area contributed by atoms with Crippen molar-refractivity contribution in [1.82, 2.24) is 9.80 Å². The van der Waals surface area contributed by atoms with Gasteiger partial charge >= 0.3 is 0 Å². The van der Waals surface area contributed by atoms with Gasteiger partial charge < -0.3 is 4.90 Å². The van der Waals surface area contributed by atoms with Crippen LogP contribution in [-0.4, -0.2) is 43.0 Å². The molecule has 1 heterocycles. The minimum Gasteiger partial charge on any atom is -0.304 e. The zero-order chi connectivity index (χ0) is 15.6. The van der Waals surface area contributed by atoms with Gasteiger partial charge in [0.25, 0.3) is 0 Å². The first-order valence-corrected chi connectivity index (χ1v) is 8.17. The molecule has 0 N–H and O–H groups in total. The fourth-order valence-electron chi connectivity index (χ4n) is 3.25. The Labute approximate surface area is 134 Å². The second-order valence-corrected chi connectivity index (χ2v) is 6.79. The lowest BCUT2D eigenvalue weighted by atomic mass is 9.90. The largest absolute Gasteiger partial charge is 0.304 e. The van der Waals surface area contributed by atoms with E-state index < -0.39 is 0 Å². The molecule has 0 bridgehead atoms. The monoisotopic (exact) mass is 294 g/mol. The van der Waals surface area contributed by atoms with Crippen molar-refractivity contribution in [2.75, 3.05) is 33.2 Å². The van der Waals surface area contributed by atoms with Gasteiger partial charge in [-0.15, -0.1) is 0 Å². The lowest BCUT2D eigenvalue weighted by molar-refractivity contribution is 0.0606. The Balaban J connectivity index is 1.80. The molecule has 116 valence electrons. The van der Waals surface area contributed by atoms with Gasteiger partial charge in [-0.3, -0.25) is 4.90 Å². The smallest absolute Gasteiger partial charge is 0.0405 e. The van der Waals surface area contributed by atoms with Crippen LogP contribution in [0, 0.1) is 0 Å². The van der Waals surface area contributed by atoms with Crippen LogP contribution in [0.5, 0.6) is 0 Å². The summed E-state index contributed by atoms with van der Waals surface area (Å²) in [5.74, 6) is 0. The Morgan fingerprint density at radius 3 is 1.86 bits per heavy atom. The van der Waals surface area contributed by atoms with Gasteiger partial charge in [0.1, 0.15) is 0 Å². The second kappa shape index (κ2) is 6.23. The highest BCUT2D eigenvalue weighted by atomic mass is 15.3. The van der Waals surface area contributed by atoms with Gasteiger partial charge in [0.15, 0.2) is 0 Å². The quantitative estimate of drug-likeness (QED) is 0.848. The summed E-state index contributed by atoms with van der Waals surface area (Å²) in [5.41, 5.74) is 4.07. The predicted molar refractivity (Wildman–Crippen MR) is 94.0 cm³/mol.